The SMILES string of the molecule is COC(=O)C[C@@]1(C)C(=S)Nc2ccccc21. The summed E-state index contributed by atoms with van der Waals surface area (Å²) in [7, 11) is 1.39. The summed E-state index contributed by atoms with van der Waals surface area (Å²) in [6, 6.07) is 7.84. The fourth-order valence-electron chi connectivity index (χ4n) is 1.99. The zero-order valence-corrected chi connectivity index (χ0v) is 10.1. The van der Waals surface area contributed by atoms with E-state index in [9.17, 15) is 4.79 Å². The van der Waals surface area contributed by atoms with Gasteiger partial charge in [0.25, 0.3) is 0 Å². The van der Waals surface area contributed by atoms with Crippen molar-refractivity contribution in [3.05, 3.63) is 29.8 Å². The number of carbonyl (C=O) groups is 1. The Hall–Kier alpha value is -1.42. The van der Waals surface area contributed by atoms with Crippen molar-refractivity contribution in [1.82, 2.24) is 0 Å². The highest BCUT2D eigenvalue weighted by atomic mass is 32.1. The van der Waals surface area contributed by atoms with E-state index in [-0.39, 0.29) is 12.4 Å². The predicted molar refractivity (Wildman–Crippen MR) is 66.6 cm³/mol. The smallest absolute Gasteiger partial charge is 0.306 e. The first-order valence-corrected chi connectivity index (χ1v) is 5.46. The number of anilines is 1. The summed E-state index contributed by atoms with van der Waals surface area (Å²) in [6.45, 7) is 1.96. The minimum atomic E-state index is -0.445. The van der Waals surface area contributed by atoms with Crippen molar-refractivity contribution in [2.24, 2.45) is 0 Å². The number of nitrogens with one attached hydrogen (secondary N) is 1. The molecule has 0 amide bonds. The molecule has 0 fully saturated rings. The molecule has 0 saturated heterocycles. The summed E-state index contributed by atoms with van der Waals surface area (Å²) < 4.78 is 4.71. The Labute approximate surface area is 99.8 Å². The number of hydrogen-bond donors (Lipinski definition) is 1. The van der Waals surface area contributed by atoms with E-state index in [2.05, 4.69) is 5.32 Å². The normalized spacial score (nSPS) is 22.5. The molecule has 1 aliphatic rings. The molecule has 0 radical (unpaired) electrons. The zero-order valence-electron chi connectivity index (χ0n) is 9.24. The zero-order chi connectivity index (χ0) is 11.8. The standard InChI is InChI=1S/C12H13NO2S/c1-12(7-10(14)15-2)8-5-3-4-6-9(8)13-11(12)16/h3-6H,7H2,1-2H3,(H,13,16)/t12-/m1/s1. The minimum Gasteiger partial charge on any atom is -0.469 e. The molecule has 2 rings (SSSR count). The van der Waals surface area contributed by atoms with Gasteiger partial charge in [-0.2, -0.15) is 0 Å². The maximum absolute atomic E-state index is 11.4. The topological polar surface area (TPSA) is 38.3 Å². The van der Waals surface area contributed by atoms with Gasteiger partial charge in [0.2, 0.25) is 0 Å². The van der Waals surface area contributed by atoms with Crippen LogP contribution in [0.25, 0.3) is 0 Å². The van der Waals surface area contributed by atoms with Crippen LogP contribution in [0.3, 0.4) is 0 Å². The lowest BCUT2D eigenvalue weighted by atomic mass is 9.81. The van der Waals surface area contributed by atoms with E-state index in [4.69, 9.17) is 17.0 Å². The molecular formula is C12H13NO2S. The summed E-state index contributed by atoms with van der Waals surface area (Å²) >= 11 is 5.31. The monoisotopic (exact) mass is 235 g/mol. The summed E-state index contributed by atoms with van der Waals surface area (Å²) in [5, 5.41) is 3.14. The third kappa shape index (κ3) is 1.59. The Balaban J connectivity index is 2.40. The molecular weight excluding hydrogens is 222 g/mol. The summed E-state index contributed by atoms with van der Waals surface area (Å²) in [4.78, 5) is 12.1. The second-order valence-electron chi connectivity index (χ2n) is 4.08. The maximum Gasteiger partial charge on any atom is 0.306 e. The Morgan fingerprint density at radius 2 is 2.19 bits per heavy atom. The lowest BCUT2D eigenvalue weighted by Gasteiger charge is -2.22. The van der Waals surface area contributed by atoms with Crippen LogP contribution >= 0.6 is 12.2 Å². The molecule has 0 unspecified atom stereocenters. The first-order chi connectivity index (χ1) is 7.58. The molecule has 4 heteroatoms. The van der Waals surface area contributed by atoms with Crippen LogP contribution in [0.4, 0.5) is 5.69 Å². The van der Waals surface area contributed by atoms with Gasteiger partial charge in [0, 0.05) is 5.69 Å². The molecule has 0 aliphatic carbocycles. The molecule has 84 valence electrons. The molecule has 1 aromatic rings. The van der Waals surface area contributed by atoms with Gasteiger partial charge in [-0.15, -0.1) is 0 Å². The van der Waals surface area contributed by atoms with E-state index < -0.39 is 5.41 Å². The first-order valence-electron chi connectivity index (χ1n) is 5.06. The second-order valence-corrected chi connectivity index (χ2v) is 4.49. The Bertz CT molecular complexity index is 458. The molecule has 0 spiro atoms. The second kappa shape index (κ2) is 3.87. The van der Waals surface area contributed by atoms with Gasteiger partial charge in [-0.25, -0.2) is 0 Å². The number of fused-ring (bicyclic) bond motifs is 1. The Morgan fingerprint density at radius 3 is 2.88 bits per heavy atom. The highest BCUT2D eigenvalue weighted by Crippen LogP contribution is 2.40. The molecule has 0 aromatic heterocycles. The Morgan fingerprint density at radius 1 is 1.50 bits per heavy atom. The van der Waals surface area contributed by atoms with Gasteiger partial charge in [0.05, 0.1) is 23.9 Å². The van der Waals surface area contributed by atoms with Crippen molar-refractivity contribution in [2.45, 2.75) is 18.8 Å². The number of esters is 1. The van der Waals surface area contributed by atoms with Gasteiger partial charge in [-0.1, -0.05) is 30.4 Å². The van der Waals surface area contributed by atoms with E-state index in [1.165, 1.54) is 7.11 Å². The van der Waals surface area contributed by atoms with Crippen LogP contribution in [0.1, 0.15) is 18.9 Å². The van der Waals surface area contributed by atoms with Crippen molar-refractivity contribution >= 4 is 28.9 Å². The highest BCUT2D eigenvalue weighted by Gasteiger charge is 2.41. The van der Waals surface area contributed by atoms with Crippen LogP contribution in [-0.2, 0) is 14.9 Å². The lowest BCUT2D eigenvalue weighted by molar-refractivity contribution is -0.141. The molecule has 1 N–H and O–H groups in total. The molecule has 1 atom stereocenters. The average Bonchev–Trinajstić information content (AvgIpc) is 2.52. The fourth-order valence-corrected chi connectivity index (χ4v) is 2.28. The predicted octanol–water partition coefficient (Wildman–Crippen LogP) is 2.26. The molecule has 16 heavy (non-hydrogen) atoms. The number of carbonyl (C=O) groups excluding carboxylic acids is 1. The van der Waals surface area contributed by atoms with Crippen LogP contribution in [0, 0.1) is 0 Å². The Kier molecular flexibility index (Phi) is 2.68. The molecule has 3 nitrogen and oxygen atoms in total. The minimum absolute atomic E-state index is 0.247. The third-order valence-corrected chi connectivity index (χ3v) is 3.55. The van der Waals surface area contributed by atoms with E-state index in [1.54, 1.807) is 0 Å². The van der Waals surface area contributed by atoms with Gasteiger partial charge in [-0.05, 0) is 18.6 Å². The van der Waals surface area contributed by atoms with Crippen molar-refractivity contribution in [3.63, 3.8) is 0 Å². The van der Waals surface area contributed by atoms with Gasteiger partial charge < -0.3 is 10.1 Å². The van der Waals surface area contributed by atoms with Gasteiger partial charge in [-0.3, -0.25) is 4.79 Å². The van der Waals surface area contributed by atoms with Gasteiger partial charge in [0.1, 0.15) is 0 Å². The van der Waals surface area contributed by atoms with E-state index in [0.29, 0.717) is 4.99 Å². The van der Waals surface area contributed by atoms with Crippen LogP contribution in [-0.4, -0.2) is 18.1 Å². The number of hydrogen-bond acceptors (Lipinski definition) is 3. The number of ether oxygens (including phenoxy) is 1. The van der Waals surface area contributed by atoms with Crippen LogP contribution in [0.15, 0.2) is 24.3 Å². The van der Waals surface area contributed by atoms with Crippen LogP contribution < -0.4 is 5.32 Å². The molecule has 1 aromatic carbocycles. The van der Waals surface area contributed by atoms with Gasteiger partial charge >= 0.3 is 5.97 Å². The van der Waals surface area contributed by atoms with Crippen molar-refractivity contribution < 1.29 is 9.53 Å². The summed E-state index contributed by atoms with van der Waals surface area (Å²) in [5.74, 6) is -0.247. The first kappa shape index (κ1) is 11.1. The van der Waals surface area contributed by atoms with E-state index >= 15 is 0 Å². The highest BCUT2D eigenvalue weighted by molar-refractivity contribution is 7.80. The van der Waals surface area contributed by atoms with Crippen LogP contribution in [0.5, 0.6) is 0 Å². The number of thiocarbonyl (C=S) groups is 1. The molecule has 0 bridgehead atoms. The van der Waals surface area contributed by atoms with E-state index in [0.717, 1.165) is 11.3 Å². The molecule has 1 aliphatic heterocycles. The quantitative estimate of drug-likeness (QED) is 0.630. The maximum atomic E-state index is 11.4. The molecule has 1 heterocycles. The van der Waals surface area contributed by atoms with Crippen molar-refractivity contribution in [3.8, 4) is 0 Å². The van der Waals surface area contributed by atoms with Crippen LogP contribution in [0.2, 0.25) is 0 Å². The average molecular weight is 235 g/mol. The van der Waals surface area contributed by atoms with Crippen molar-refractivity contribution in [2.75, 3.05) is 12.4 Å². The largest absolute Gasteiger partial charge is 0.469 e. The lowest BCUT2D eigenvalue weighted by Crippen LogP contribution is -2.32. The third-order valence-electron chi connectivity index (χ3n) is 3.00. The van der Waals surface area contributed by atoms with E-state index in [1.807, 2.05) is 31.2 Å². The summed E-state index contributed by atoms with van der Waals surface area (Å²) in [5.41, 5.74) is 1.60. The van der Waals surface area contributed by atoms with Crippen molar-refractivity contribution in [1.29, 1.82) is 0 Å². The summed E-state index contributed by atoms with van der Waals surface area (Å²) in [6.07, 6.45) is 0.270. The number of benzene rings is 1. The number of rotatable bonds is 2. The van der Waals surface area contributed by atoms with Gasteiger partial charge in [0.15, 0.2) is 0 Å². The molecule has 0 saturated carbocycles. The fraction of sp³-hybridized carbons (Fsp3) is 0.333. The number of methoxy groups -OCH3 is 1. The number of para-hydroxylation sites is 1.